The number of carbonyl (C=O) groups is 2. The maximum Gasteiger partial charge on any atom is 0.234 e. The Morgan fingerprint density at radius 1 is 1.25 bits per heavy atom. The van der Waals surface area contributed by atoms with Gasteiger partial charge >= 0.3 is 0 Å². The fraction of sp³-hybridized carbons (Fsp3) is 0.438. The molecule has 0 unspecified atom stereocenters. The van der Waals surface area contributed by atoms with Crippen LogP contribution in [0.25, 0.3) is 0 Å². The number of benzene rings is 1. The second kappa shape index (κ2) is 10.1. The number of ether oxygens (including phenoxy) is 1. The van der Waals surface area contributed by atoms with Crippen molar-refractivity contribution >= 4 is 51.5 Å². The lowest BCUT2D eigenvalue weighted by atomic mass is 10.2. The Balaban J connectivity index is 2.71. The molecule has 0 aliphatic heterocycles. The van der Waals surface area contributed by atoms with Gasteiger partial charge in [0.15, 0.2) is 0 Å². The summed E-state index contributed by atoms with van der Waals surface area (Å²) in [5, 5.41) is 5.46. The molecule has 0 aliphatic rings. The van der Waals surface area contributed by atoms with E-state index in [-0.39, 0.29) is 17.6 Å². The molecule has 132 valence electrons. The molecule has 0 bridgehead atoms. The summed E-state index contributed by atoms with van der Waals surface area (Å²) in [7, 11) is 1.52. The fourth-order valence-electron chi connectivity index (χ4n) is 1.97. The minimum absolute atomic E-state index is 0.183. The van der Waals surface area contributed by atoms with Crippen molar-refractivity contribution in [2.24, 2.45) is 0 Å². The smallest absolute Gasteiger partial charge is 0.234 e. The molecule has 0 aliphatic carbocycles. The van der Waals surface area contributed by atoms with Crippen LogP contribution in [-0.4, -0.2) is 47.0 Å². The predicted octanol–water partition coefficient (Wildman–Crippen LogP) is 2.95. The monoisotopic (exact) mass is 369 g/mol. The average Bonchev–Trinajstić information content (AvgIpc) is 2.54. The number of nitrogens with zero attached hydrogens (tertiary/aromatic N) is 1. The summed E-state index contributed by atoms with van der Waals surface area (Å²) in [6.45, 7) is 7.10. The zero-order valence-corrected chi connectivity index (χ0v) is 16.0. The van der Waals surface area contributed by atoms with Crippen LogP contribution in [0.4, 0.5) is 11.4 Å². The molecule has 2 N–H and O–H groups in total. The highest BCUT2D eigenvalue weighted by atomic mass is 32.2. The number of hydrogen-bond acceptors (Lipinski definition) is 5. The normalized spacial score (nSPS) is 10.0. The summed E-state index contributed by atoms with van der Waals surface area (Å²) in [6, 6.07) is 5.06. The number of nitrogens with one attached hydrogen (secondary N) is 2. The average molecular weight is 370 g/mol. The Hall–Kier alpha value is -1.80. The standard InChI is InChI=1S/C16H23N3O3S2/c1-5-19(6-2)16(23)24-10-15(21)18-13-9-12(17-11(3)20)7-8-14(13)22-4/h7-9H,5-6,10H2,1-4H3,(H,17,20)(H,18,21). The molecule has 0 fully saturated rings. The van der Waals surface area contributed by atoms with E-state index in [0.29, 0.717) is 21.4 Å². The van der Waals surface area contributed by atoms with Gasteiger partial charge in [-0.15, -0.1) is 0 Å². The zero-order valence-electron chi connectivity index (χ0n) is 14.3. The molecular weight excluding hydrogens is 346 g/mol. The van der Waals surface area contributed by atoms with Crippen LogP contribution in [0, 0.1) is 0 Å². The summed E-state index contributed by atoms with van der Waals surface area (Å²) in [5.74, 6) is 0.363. The summed E-state index contributed by atoms with van der Waals surface area (Å²) >= 11 is 6.63. The highest BCUT2D eigenvalue weighted by molar-refractivity contribution is 8.23. The first kappa shape index (κ1) is 20.2. The Morgan fingerprint density at radius 3 is 2.46 bits per heavy atom. The number of amides is 2. The van der Waals surface area contributed by atoms with Crippen molar-refractivity contribution in [3.05, 3.63) is 18.2 Å². The van der Waals surface area contributed by atoms with Gasteiger partial charge in [-0.25, -0.2) is 0 Å². The van der Waals surface area contributed by atoms with Gasteiger partial charge in [0, 0.05) is 25.7 Å². The van der Waals surface area contributed by atoms with E-state index in [1.54, 1.807) is 18.2 Å². The molecule has 0 spiro atoms. The van der Waals surface area contributed by atoms with Crippen molar-refractivity contribution in [1.82, 2.24) is 4.90 Å². The number of methoxy groups -OCH3 is 1. The molecule has 24 heavy (non-hydrogen) atoms. The van der Waals surface area contributed by atoms with Gasteiger partial charge in [-0.1, -0.05) is 24.0 Å². The van der Waals surface area contributed by atoms with Gasteiger partial charge in [-0.3, -0.25) is 9.59 Å². The van der Waals surface area contributed by atoms with E-state index >= 15 is 0 Å². The molecule has 1 aromatic rings. The Bertz CT molecular complexity index is 604. The molecule has 0 heterocycles. The van der Waals surface area contributed by atoms with Crippen molar-refractivity contribution in [1.29, 1.82) is 0 Å². The molecule has 0 radical (unpaired) electrons. The number of rotatable bonds is 7. The lowest BCUT2D eigenvalue weighted by molar-refractivity contribution is -0.114. The zero-order chi connectivity index (χ0) is 18.1. The van der Waals surface area contributed by atoms with Crippen molar-refractivity contribution < 1.29 is 14.3 Å². The van der Waals surface area contributed by atoms with Crippen LogP contribution < -0.4 is 15.4 Å². The van der Waals surface area contributed by atoms with Gasteiger partial charge in [-0.2, -0.15) is 0 Å². The molecule has 6 nitrogen and oxygen atoms in total. The Morgan fingerprint density at radius 2 is 1.92 bits per heavy atom. The van der Waals surface area contributed by atoms with E-state index in [4.69, 9.17) is 17.0 Å². The summed E-state index contributed by atoms with van der Waals surface area (Å²) < 4.78 is 5.94. The molecule has 0 saturated carbocycles. The topological polar surface area (TPSA) is 70.7 Å². The molecule has 1 rings (SSSR count). The first-order valence-electron chi connectivity index (χ1n) is 7.58. The summed E-state index contributed by atoms with van der Waals surface area (Å²) in [5.41, 5.74) is 1.09. The van der Waals surface area contributed by atoms with Gasteiger partial charge in [0.1, 0.15) is 10.1 Å². The highest BCUT2D eigenvalue weighted by Gasteiger charge is 2.12. The number of anilines is 2. The van der Waals surface area contributed by atoms with Gasteiger partial charge in [0.05, 0.1) is 18.6 Å². The lowest BCUT2D eigenvalue weighted by Gasteiger charge is -2.20. The van der Waals surface area contributed by atoms with E-state index in [1.807, 2.05) is 18.7 Å². The van der Waals surface area contributed by atoms with Crippen LogP contribution >= 0.6 is 24.0 Å². The van der Waals surface area contributed by atoms with Crippen LogP contribution in [-0.2, 0) is 9.59 Å². The summed E-state index contributed by atoms with van der Waals surface area (Å²) in [6.07, 6.45) is 0. The Kier molecular flexibility index (Phi) is 8.56. The van der Waals surface area contributed by atoms with Crippen molar-refractivity contribution in [2.75, 3.05) is 36.6 Å². The van der Waals surface area contributed by atoms with E-state index in [9.17, 15) is 9.59 Å². The second-order valence-corrected chi connectivity index (χ2v) is 6.48. The molecule has 0 aromatic heterocycles. The third-order valence-electron chi connectivity index (χ3n) is 3.14. The number of hydrogen-bond donors (Lipinski definition) is 2. The van der Waals surface area contributed by atoms with Gasteiger partial charge < -0.3 is 20.3 Å². The predicted molar refractivity (Wildman–Crippen MR) is 104 cm³/mol. The SMILES string of the molecule is CCN(CC)C(=S)SCC(=O)Nc1cc(NC(C)=O)ccc1OC. The van der Waals surface area contributed by atoms with Crippen LogP contribution in [0.2, 0.25) is 0 Å². The quantitative estimate of drug-likeness (QED) is 0.720. The van der Waals surface area contributed by atoms with E-state index in [0.717, 1.165) is 13.1 Å². The van der Waals surface area contributed by atoms with Gasteiger partial charge in [-0.05, 0) is 32.0 Å². The molecular formula is C16H23N3O3S2. The maximum absolute atomic E-state index is 12.2. The minimum atomic E-state index is -0.187. The molecule has 1 aromatic carbocycles. The molecule has 0 atom stereocenters. The third kappa shape index (κ3) is 6.37. The maximum atomic E-state index is 12.2. The van der Waals surface area contributed by atoms with Gasteiger partial charge in [0.25, 0.3) is 0 Å². The van der Waals surface area contributed by atoms with Crippen LogP contribution in [0.1, 0.15) is 20.8 Å². The molecule has 2 amide bonds. The first-order valence-corrected chi connectivity index (χ1v) is 8.97. The summed E-state index contributed by atoms with van der Waals surface area (Å²) in [4.78, 5) is 25.3. The van der Waals surface area contributed by atoms with Crippen LogP contribution in [0.5, 0.6) is 5.75 Å². The first-order chi connectivity index (χ1) is 11.4. The second-order valence-electron chi connectivity index (χ2n) is 4.87. The van der Waals surface area contributed by atoms with Crippen LogP contribution in [0.15, 0.2) is 18.2 Å². The van der Waals surface area contributed by atoms with Crippen LogP contribution in [0.3, 0.4) is 0 Å². The van der Waals surface area contributed by atoms with E-state index in [1.165, 1.54) is 25.8 Å². The number of thiocarbonyl (C=S) groups is 1. The van der Waals surface area contributed by atoms with Gasteiger partial charge in [0.2, 0.25) is 11.8 Å². The number of carbonyl (C=O) groups excluding carboxylic acids is 2. The van der Waals surface area contributed by atoms with Crippen molar-refractivity contribution in [3.8, 4) is 5.75 Å². The minimum Gasteiger partial charge on any atom is -0.495 e. The molecule has 0 saturated heterocycles. The van der Waals surface area contributed by atoms with E-state index < -0.39 is 0 Å². The van der Waals surface area contributed by atoms with Crippen molar-refractivity contribution in [3.63, 3.8) is 0 Å². The lowest BCUT2D eigenvalue weighted by Crippen LogP contribution is -2.28. The third-order valence-corrected chi connectivity index (χ3v) is 4.67. The van der Waals surface area contributed by atoms with E-state index in [2.05, 4.69) is 10.6 Å². The number of thioether (sulfide) groups is 1. The van der Waals surface area contributed by atoms with Crippen molar-refractivity contribution in [2.45, 2.75) is 20.8 Å². The fourth-order valence-corrected chi connectivity index (χ4v) is 3.18. The Labute approximate surface area is 152 Å². The molecule has 8 heteroatoms. The highest BCUT2D eigenvalue weighted by Crippen LogP contribution is 2.28. The largest absolute Gasteiger partial charge is 0.495 e.